The lowest BCUT2D eigenvalue weighted by molar-refractivity contribution is 0.194. The van der Waals surface area contributed by atoms with E-state index < -0.39 is 0 Å². The molecule has 4 heteroatoms. The Labute approximate surface area is 88.3 Å². The SMILES string of the molecule is CC(N)Cc1csc(C2CCOC2)n1. The van der Waals surface area contributed by atoms with Gasteiger partial charge in [-0.1, -0.05) is 0 Å². The summed E-state index contributed by atoms with van der Waals surface area (Å²) in [5.41, 5.74) is 6.86. The highest BCUT2D eigenvalue weighted by Gasteiger charge is 2.20. The number of hydrogen-bond donors (Lipinski definition) is 1. The van der Waals surface area contributed by atoms with Gasteiger partial charge in [0.2, 0.25) is 0 Å². The Morgan fingerprint density at radius 1 is 1.79 bits per heavy atom. The van der Waals surface area contributed by atoms with Crippen LogP contribution in [0.3, 0.4) is 0 Å². The maximum absolute atomic E-state index is 5.73. The van der Waals surface area contributed by atoms with Gasteiger partial charge in [0.25, 0.3) is 0 Å². The fourth-order valence-electron chi connectivity index (χ4n) is 1.66. The summed E-state index contributed by atoms with van der Waals surface area (Å²) < 4.78 is 5.34. The molecule has 0 amide bonds. The molecule has 1 fully saturated rings. The molecule has 1 aromatic heterocycles. The molecule has 14 heavy (non-hydrogen) atoms. The zero-order valence-corrected chi connectivity index (χ0v) is 9.22. The average Bonchev–Trinajstić information content (AvgIpc) is 2.69. The van der Waals surface area contributed by atoms with Gasteiger partial charge in [-0.25, -0.2) is 4.98 Å². The van der Waals surface area contributed by atoms with E-state index in [0.29, 0.717) is 5.92 Å². The number of rotatable bonds is 3. The number of nitrogens with two attached hydrogens (primary N) is 1. The maximum Gasteiger partial charge on any atom is 0.0983 e. The van der Waals surface area contributed by atoms with Gasteiger partial charge < -0.3 is 10.5 Å². The third-order valence-corrected chi connectivity index (χ3v) is 3.44. The molecule has 1 aromatic rings. The van der Waals surface area contributed by atoms with E-state index >= 15 is 0 Å². The standard InChI is InChI=1S/C10H16N2OS/c1-7(11)4-9-6-14-10(12-9)8-2-3-13-5-8/h6-8H,2-5,11H2,1H3. The Balaban J connectivity index is 2.01. The van der Waals surface area contributed by atoms with Crippen LogP contribution in [0.5, 0.6) is 0 Å². The molecule has 0 aromatic carbocycles. The minimum absolute atomic E-state index is 0.199. The van der Waals surface area contributed by atoms with Crippen molar-refractivity contribution < 1.29 is 4.74 Å². The Kier molecular flexibility index (Phi) is 3.15. The van der Waals surface area contributed by atoms with Crippen molar-refractivity contribution >= 4 is 11.3 Å². The summed E-state index contributed by atoms with van der Waals surface area (Å²) in [6, 6.07) is 0.199. The third kappa shape index (κ3) is 2.32. The van der Waals surface area contributed by atoms with Gasteiger partial charge in [-0.15, -0.1) is 11.3 Å². The molecule has 2 unspecified atom stereocenters. The number of hydrogen-bond acceptors (Lipinski definition) is 4. The van der Waals surface area contributed by atoms with Crippen LogP contribution in [0.15, 0.2) is 5.38 Å². The normalized spacial score (nSPS) is 24.0. The fraction of sp³-hybridized carbons (Fsp3) is 0.700. The first-order valence-electron chi connectivity index (χ1n) is 5.03. The van der Waals surface area contributed by atoms with Gasteiger partial charge in [0, 0.05) is 30.4 Å². The molecule has 1 saturated heterocycles. The highest BCUT2D eigenvalue weighted by molar-refractivity contribution is 7.09. The van der Waals surface area contributed by atoms with E-state index in [9.17, 15) is 0 Å². The van der Waals surface area contributed by atoms with E-state index in [1.54, 1.807) is 11.3 Å². The fourth-order valence-corrected chi connectivity index (χ4v) is 2.62. The number of aromatic nitrogens is 1. The van der Waals surface area contributed by atoms with Gasteiger partial charge in [0.15, 0.2) is 0 Å². The summed E-state index contributed by atoms with van der Waals surface area (Å²) in [5, 5.41) is 3.34. The summed E-state index contributed by atoms with van der Waals surface area (Å²) in [4.78, 5) is 4.59. The minimum atomic E-state index is 0.199. The van der Waals surface area contributed by atoms with Crippen LogP contribution in [0.4, 0.5) is 0 Å². The average molecular weight is 212 g/mol. The first-order valence-corrected chi connectivity index (χ1v) is 5.91. The highest BCUT2D eigenvalue weighted by Crippen LogP contribution is 2.27. The molecule has 2 heterocycles. The van der Waals surface area contributed by atoms with E-state index in [1.807, 2.05) is 6.92 Å². The Hall–Kier alpha value is -0.450. The van der Waals surface area contributed by atoms with Gasteiger partial charge in [0.1, 0.15) is 0 Å². The van der Waals surface area contributed by atoms with Crippen molar-refractivity contribution in [3.8, 4) is 0 Å². The molecule has 0 spiro atoms. The third-order valence-electron chi connectivity index (χ3n) is 2.38. The second-order valence-corrected chi connectivity index (χ2v) is 4.81. The highest BCUT2D eigenvalue weighted by atomic mass is 32.1. The molecule has 2 N–H and O–H groups in total. The van der Waals surface area contributed by atoms with Gasteiger partial charge in [0.05, 0.1) is 17.3 Å². The summed E-state index contributed by atoms with van der Waals surface area (Å²) in [5.74, 6) is 0.529. The quantitative estimate of drug-likeness (QED) is 0.826. The van der Waals surface area contributed by atoms with E-state index in [0.717, 1.165) is 31.7 Å². The molecule has 0 bridgehead atoms. The minimum Gasteiger partial charge on any atom is -0.381 e. The molecule has 1 aliphatic heterocycles. The molecule has 3 nitrogen and oxygen atoms in total. The van der Waals surface area contributed by atoms with Crippen LogP contribution in [-0.4, -0.2) is 24.2 Å². The number of nitrogens with zero attached hydrogens (tertiary/aromatic N) is 1. The van der Waals surface area contributed by atoms with Crippen molar-refractivity contribution in [1.82, 2.24) is 4.98 Å². The number of thiazole rings is 1. The summed E-state index contributed by atoms with van der Waals surface area (Å²) in [6.45, 7) is 3.73. The molecule has 0 aliphatic carbocycles. The van der Waals surface area contributed by atoms with Crippen LogP contribution in [0.25, 0.3) is 0 Å². The first-order chi connectivity index (χ1) is 6.75. The van der Waals surface area contributed by atoms with Crippen molar-refractivity contribution in [2.45, 2.75) is 31.7 Å². The molecule has 0 saturated carbocycles. The molecular weight excluding hydrogens is 196 g/mol. The lowest BCUT2D eigenvalue weighted by atomic mass is 10.1. The zero-order chi connectivity index (χ0) is 9.97. The van der Waals surface area contributed by atoms with Crippen molar-refractivity contribution in [2.75, 3.05) is 13.2 Å². The van der Waals surface area contributed by atoms with Crippen LogP contribution >= 0.6 is 11.3 Å². The van der Waals surface area contributed by atoms with Crippen molar-refractivity contribution in [3.63, 3.8) is 0 Å². The Bertz CT molecular complexity index is 292. The largest absolute Gasteiger partial charge is 0.381 e. The van der Waals surface area contributed by atoms with Crippen LogP contribution in [-0.2, 0) is 11.2 Å². The summed E-state index contributed by atoms with van der Waals surface area (Å²) in [6.07, 6.45) is 2.00. The zero-order valence-electron chi connectivity index (χ0n) is 8.40. The van der Waals surface area contributed by atoms with Crippen molar-refractivity contribution in [3.05, 3.63) is 16.1 Å². The van der Waals surface area contributed by atoms with Crippen LogP contribution in [0.1, 0.15) is 30.0 Å². The molecule has 78 valence electrons. The smallest absolute Gasteiger partial charge is 0.0983 e. The Morgan fingerprint density at radius 3 is 3.29 bits per heavy atom. The molecular formula is C10H16N2OS. The van der Waals surface area contributed by atoms with E-state index in [4.69, 9.17) is 10.5 Å². The van der Waals surface area contributed by atoms with Gasteiger partial charge >= 0.3 is 0 Å². The predicted molar refractivity (Wildman–Crippen MR) is 57.6 cm³/mol. The van der Waals surface area contributed by atoms with Gasteiger partial charge in [-0.2, -0.15) is 0 Å². The predicted octanol–water partition coefficient (Wildman–Crippen LogP) is 1.54. The molecule has 1 aliphatic rings. The van der Waals surface area contributed by atoms with Crippen LogP contribution in [0.2, 0.25) is 0 Å². The molecule has 2 rings (SSSR count). The van der Waals surface area contributed by atoms with E-state index in [-0.39, 0.29) is 6.04 Å². The monoisotopic (exact) mass is 212 g/mol. The lowest BCUT2D eigenvalue weighted by Gasteiger charge is -2.02. The second-order valence-electron chi connectivity index (χ2n) is 3.92. The summed E-state index contributed by atoms with van der Waals surface area (Å²) in [7, 11) is 0. The van der Waals surface area contributed by atoms with Crippen molar-refractivity contribution in [2.24, 2.45) is 5.73 Å². The molecule has 2 atom stereocenters. The molecule has 0 radical (unpaired) electrons. The van der Waals surface area contributed by atoms with Crippen LogP contribution < -0.4 is 5.73 Å². The topological polar surface area (TPSA) is 48.1 Å². The summed E-state index contributed by atoms with van der Waals surface area (Å²) >= 11 is 1.74. The van der Waals surface area contributed by atoms with E-state index in [2.05, 4.69) is 10.4 Å². The first kappa shape index (κ1) is 10.1. The van der Waals surface area contributed by atoms with Crippen LogP contribution in [0, 0.1) is 0 Å². The van der Waals surface area contributed by atoms with Gasteiger partial charge in [-0.3, -0.25) is 0 Å². The maximum atomic E-state index is 5.73. The van der Waals surface area contributed by atoms with Gasteiger partial charge in [-0.05, 0) is 13.3 Å². The second kappa shape index (κ2) is 4.38. The van der Waals surface area contributed by atoms with Crippen molar-refractivity contribution in [1.29, 1.82) is 0 Å². The Morgan fingerprint density at radius 2 is 2.64 bits per heavy atom. The lowest BCUT2D eigenvalue weighted by Crippen LogP contribution is -2.18. The van der Waals surface area contributed by atoms with E-state index in [1.165, 1.54) is 5.01 Å². The number of ether oxygens (including phenoxy) is 1.